The Morgan fingerprint density at radius 2 is 1.78 bits per heavy atom. The molecule has 2 aromatic rings. The zero-order chi connectivity index (χ0) is 16.4. The number of nitrogens with zero attached hydrogens (tertiary/aromatic N) is 1. The van der Waals surface area contributed by atoms with Crippen LogP contribution in [-0.2, 0) is 0 Å². The van der Waals surface area contributed by atoms with Crippen LogP contribution in [0.1, 0.15) is 30.4 Å². The molecule has 3 rings (SSSR count). The molecular weight excluding hydrogens is 310 g/mol. The van der Waals surface area contributed by atoms with E-state index in [1.807, 2.05) is 30.0 Å². The molecule has 122 valence electrons. The lowest BCUT2D eigenvalue weighted by Gasteiger charge is -2.19. The predicted molar refractivity (Wildman–Crippen MR) is 95.2 cm³/mol. The summed E-state index contributed by atoms with van der Waals surface area (Å²) in [5.41, 5.74) is 2.57. The molecule has 1 aromatic carbocycles. The van der Waals surface area contributed by atoms with Crippen molar-refractivity contribution in [1.82, 2.24) is 14.9 Å². The van der Waals surface area contributed by atoms with Gasteiger partial charge in [-0.15, -0.1) is 11.8 Å². The molecular formula is C17H21N3O2S. The Bertz CT molecular complexity index is 808. The molecule has 0 radical (unpaired) electrons. The minimum atomic E-state index is -0.590. The molecule has 0 bridgehead atoms. The molecule has 1 heterocycles. The fourth-order valence-corrected chi connectivity index (χ4v) is 4.34. The SMILES string of the molecule is CCN(CC)CCSC1c2ccccc2-c2[nH]c(=O)c(=O)[nH]c21. The third-order valence-corrected chi connectivity index (χ3v) is 5.56. The molecule has 0 aliphatic heterocycles. The summed E-state index contributed by atoms with van der Waals surface area (Å²) < 4.78 is 0. The van der Waals surface area contributed by atoms with Crippen molar-refractivity contribution in [3.63, 3.8) is 0 Å². The number of hydrogen-bond acceptors (Lipinski definition) is 4. The van der Waals surface area contributed by atoms with Gasteiger partial charge in [0.2, 0.25) is 0 Å². The number of benzene rings is 1. The van der Waals surface area contributed by atoms with Gasteiger partial charge in [0.25, 0.3) is 0 Å². The first kappa shape index (κ1) is 16.1. The van der Waals surface area contributed by atoms with Gasteiger partial charge in [0.05, 0.1) is 16.6 Å². The highest BCUT2D eigenvalue weighted by Gasteiger charge is 2.30. The van der Waals surface area contributed by atoms with Gasteiger partial charge in [-0.25, -0.2) is 0 Å². The largest absolute Gasteiger partial charge is 0.318 e. The summed E-state index contributed by atoms with van der Waals surface area (Å²) in [7, 11) is 0. The lowest BCUT2D eigenvalue weighted by Crippen LogP contribution is -2.30. The van der Waals surface area contributed by atoms with E-state index in [1.54, 1.807) is 0 Å². The second-order valence-electron chi connectivity index (χ2n) is 5.56. The lowest BCUT2D eigenvalue weighted by molar-refractivity contribution is 0.324. The molecule has 0 fully saturated rings. The summed E-state index contributed by atoms with van der Waals surface area (Å²) in [6, 6.07) is 8.02. The van der Waals surface area contributed by atoms with Gasteiger partial charge in [0.1, 0.15) is 0 Å². The Labute approximate surface area is 139 Å². The van der Waals surface area contributed by atoms with Crippen LogP contribution in [0.25, 0.3) is 11.3 Å². The number of nitrogens with one attached hydrogen (secondary N) is 2. The maximum absolute atomic E-state index is 11.7. The molecule has 0 saturated heterocycles. The fourth-order valence-electron chi connectivity index (χ4n) is 3.01. The van der Waals surface area contributed by atoms with Crippen LogP contribution in [0.4, 0.5) is 0 Å². The maximum atomic E-state index is 11.7. The van der Waals surface area contributed by atoms with Crippen LogP contribution < -0.4 is 11.1 Å². The molecule has 23 heavy (non-hydrogen) atoms. The van der Waals surface area contributed by atoms with Crippen LogP contribution >= 0.6 is 11.8 Å². The van der Waals surface area contributed by atoms with Crippen LogP contribution in [0.3, 0.4) is 0 Å². The van der Waals surface area contributed by atoms with Gasteiger partial charge in [0.15, 0.2) is 0 Å². The number of H-pyrrole nitrogens is 2. The Kier molecular flexibility index (Phi) is 4.73. The van der Waals surface area contributed by atoms with Gasteiger partial charge in [0, 0.05) is 17.9 Å². The summed E-state index contributed by atoms with van der Waals surface area (Å²) in [6.45, 7) is 7.42. The minimum Gasteiger partial charge on any atom is -0.318 e. The third kappa shape index (κ3) is 3.01. The van der Waals surface area contributed by atoms with Crippen molar-refractivity contribution in [2.45, 2.75) is 19.1 Å². The van der Waals surface area contributed by atoms with Crippen molar-refractivity contribution < 1.29 is 0 Å². The molecule has 0 amide bonds. The molecule has 1 unspecified atom stereocenters. The topological polar surface area (TPSA) is 69.0 Å². The van der Waals surface area contributed by atoms with E-state index in [9.17, 15) is 9.59 Å². The van der Waals surface area contributed by atoms with Crippen LogP contribution in [-0.4, -0.2) is 40.3 Å². The molecule has 6 heteroatoms. The van der Waals surface area contributed by atoms with Crippen LogP contribution in [0, 0.1) is 0 Å². The second-order valence-corrected chi connectivity index (χ2v) is 6.77. The highest BCUT2D eigenvalue weighted by atomic mass is 32.2. The van der Waals surface area contributed by atoms with Gasteiger partial charge < -0.3 is 14.9 Å². The van der Waals surface area contributed by atoms with Gasteiger partial charge in [-0.2, -0.15) is 0 Å². The van der Waals surface area contributed by atoms with Crippen molar-refractivity contribution in [3.8, 4) is 11.3 Å². The van der Waals surface area contributed by atoms with Gasteiger partial charge in [-0.3, -0.25) is 9.59 Å². The lowest BCUT2D eigenvalue weighted by atomic mass is 10.1. The predicted octanol–water partition coefficient (Wildman–Crippen LogP) is 2.21. The van der Waals surface area contributed by atoms with Gasteiger partial charge in [-0.05, 0) is 18.7 Å². The van der Waals surface area contributed by atoms with E-state index in [0.717, 1.165) is 47.9 Å². The second kappa shape index (κ2) is 6.76. The number of aromatic nitrogens is 2. The van der Waals surface area contributed by atoms with E-state index in [-0.39, 0.29) is 5.25 Å². The Hall–Kier alpha value is -1.79. The van der Waals surface area contributed by atoms with Crippen molar-refractivity contribution in [1.29, 1.82) is 0 Å². The van der Waals surface area contributed by atoms with Crippen molar-refractivity contribution in [2.24, 2.45) is 0 Å². The number of hydrogen-bond donors (Lipinski definition) is 2. The summed E-state index contributed by atoms with van der Waals surface area (Å²) in [6.07, 6.45) is 0. The van der Waals surface area contributed by atoms with E-state index in [4.69, 9.17) is 0 Å². The van der Waals surface area contributed by atoms with E-state index in [2.05, 4.69) is 34.8 Å². The van der Waals surface area contributed by atoms with Crippen molar-refractivity contribution in [2.75, 3.05) is 25.4 Å². The third-order valence-electron chi connectivity index (χ3n) is 4.32. The normalized spacial score (nSPS) is 15.7. The molecule has 5 nitrogen and oxygen atoms in total. The Balaban J connectivity index is 1.91. The summed E-state index contributed by atoms with van der Waals surface area (Å²) in [4.78, 5) is 31.3. The monoisotopic (exact) mass is 331 g/mol. The molecule has 1 aliphatic rings. The molecule has 1 aliphatic carbocycles. The minimum absolute atomic E-state index is 0.0707. The highest BCUT2D eigenvalue weighted by molar-refractivity contribution is 7.99. The quantitative estimate of drug-likeness (QED) is 0.796. The molecule has 2 N–H and O–H groups in total. The molecule has 1 atom stereocenters. The molecule has 1 aromatic heterocycles. The fraction of sp³-hybridized carbons (Fsp3) is 0.412. The first-order valence-corrected chi connectivity index (χ1v) is 9.00. The number of rotatable bonds is 6. The Morgan fingerprint density at radius 3 is 2.52 bits per heavy atom. The average molecular weight is 331 g/mol. The number of thioether (sulfide) groups is 1. The average Bonchev–Trinajstić information content (AvgIpc) is 2.86. The number of fused-ring (bicyclic) bond motifs is 3. The van der Waals surface area contributed by atoms with Crippen LogP contribution in [0.5, 0.6) is 0 Å². The number of aromatic amines is 2. The van der Waals surface area contributed by atoms with Crippen LogP contribution in [0.15, 0.2) is 33.9 Å². The molecule has 0 saturated carbocycles. The van der Waals surface area contributed by atoms with E-state index in [0.29, 0.717) is 0 Å². The van der Waals surface area contributed by atoms with Crippen molar-refractivity contribution >= 4 is 11.8 Å². The van der Waals surface area contributed by atoms with Crippen LogP contribution in [0.2, 0.25) is 0 Å². The van der Waals surface area contributed by atoms with E-state index in [1.165, 1.54) is 0 Å². The van der Waals surface area contributed by atoms with Crippen molar-refractivity contribution in [3.05, 3.63) is 56.2 Å². The zero-order valence-electron chi connectivity index (χ0n) is 13.4. The summed E-state index contributed by atoms with van der Waals surface area (Å²) in [5.74, 6) is 0.973. The first-order valence-electron chi connectivity index (χ1n) is 7.95. The summed E-state index contributed by atoms with van der Waals surface area (Å²) in [5, 5.41) is 0.0707. The highest BCUT2D eigenvalue weighted by Crippen LogP contribution is 2.47. The van der Waals surface area contributed by atoms with Gasteiger partial charge >= 0.3 is 11.1 Å². The standard InChI is InChI=1S/C17H21N3O2S/c1-3-20(4-2)9-10-23-15-12-8-6-5-7-11(12)13-14(15)19-17(22)16(21)18-13/h5-8,15H,3-4,9-10H2,1-2H3,(H,18,21)(H,19,22). The summed E-state index contributed by atoms with van der Waals surface area (Å²) >= 11 is 1.81. The zero-order valence-corrected chi connectivity index (χ0v) is 14.2. The van der Waals surface area contributed by atoms with Gasteiger partial charge in [-0.1, -0.05) is 38.1 Å². The smallest absolute Gasteiger partial charge is 0.314 e. The van der Waals surface area contributed by atoms with E-state index < -0.39 is 11.1 Å². The maximum Gasteiger partial charge on any atom is 0.314 e. The first-order chi connectivity index (χ1) is 11.2. The molecule has 0 spiro atoms. The van der Waals surface area contributed by atoms with E-state index >= 15 is 0 Å². The Morgan fingerprint density at radius 1 is 1.09 bits per heavy atom.